The van der Waals surface area contributed by atoms with E-state index in [4.69, 9.17) is 0 Å². The summed E-state index contributed by atoms with van der Waals surface area (Å²) in [6.07, 6.45) is 0. The number of hydrogen-bond acceptors (Lipinski definition) is 4. The molecule has 0 aliphatic rings. The lowest BCUT2D eigenvalue weighted by atomic mass is 10.0. The van der Waals surface area contributed by atoms with Gasteiger partial charge in [0.1, 0.15) is 0 Å². The third-order valence-electron chi connectivity index (χ3n) is 2.87. The van der Waals surface area contributed by atoms with Gasteiger partial charge in [0, 0.05) is 28.8 Å². The van der Waals surface area contributed by atoms with Gasteiger partial charge in [0.05, 0.1) is 4.92 Å². The van der Waals surface area contributed by atoms with Crippen molar-refractivity contribution in [1.82, 2.24) is 0 Å². The molecule has 2 aromatic carbocycles. The summed E-state index contributed by atoms with van der Waals surface area (Å²) in [4.78, 5) is 33.5. The third-order valence-corrected chi connectivity index (χ3v) is 2.87. The number of nitro benzene ring substituents is 1. The Labute approximate surface area is 115 Å². The van der Waals surface area contributed by atoms with Crippen LogP contribution in [0, 0.1) is 10.1 Å². The smallest absolute Gasteiger partial charge is 0.270 e. The standard InChI is InChI=1S/C15H11NO4/c1-10(17)11-5-7-12(8-6-11)15(18)13-3-2-4-14(9-13)16(19)20/h2-9H,1H3. The van der Waals surface area contributed by atoms with E-state index in [-0.39, 0.29) is 22.8 Å². The summed E-state index contributed by atoms with van der Waals surface area (Å²) in [5.41, 5.74) is 1.02. The number of carbonyl (C=O) groups is 2. The van der Waals surface area contributed by atoms with E-state index in [1.165, 1.54) is 43.3 Å². The predicted molar refractivity (Wildman–Crippen MR) is 73.0 cm³/mol. The molecule has 0 bridgehead atoms. The van der Waals surface area contributed by atoms with E-state index in [0.717, 1.165) is 0 Å². The number of Topliss-reactive ketones (excluding diaryl/α,β-unsaturated/α-hetero) is 1. The Kier molecular flexibility index (Phi) is 3.70. The molecular weight excluding hydrogens is 258 g/mol. The van der Waals surface area contributed by atoms with Gasteiger partial charge in [-0.2, -0.15) is 0 Å². The average molecular weight is 269 g/mol. The van der Waals surface area contributed by atoms with Crippen molar-refractivity contribution < 1.29 is 14.5 Å². The van der Waals surface area contributed by atoms with E-state index in [2.05, 4.69) is 0 Å². The third kappa shape index (κ3) is 2.77. The molecule has 0 atom stereocenters. The summed E-state index contributed by atoms with van der Waals surface area (Å²) in [6.45, 7) is 1.44. The SMILES string of the molecule is CC(=O)c1ccc(C(=O)c2cccc([N+](=O)[O-])c2)cc1. The molecule has 0 spiro atoms. The number of nitrogens with zero attached hydrogens (tertiary/aromatic N) is 1. The van der Waals surface area contributed by atoms with Crippen molar-refractivity contribution in [3.05, 3.63) is 75.3 Å². The lowest BCUT2D eigenvalue weighted by Crippen LogP contribution is -2.03. The maximum Gasteiger partial charge on any atom is 0.270 e. The molecule has 0 fully saturated rings. The van der Waals surface area contributed by atoms with E-state index in [1.54, 1.807) is 12.1 Å². The van der Waals surface area contributed by atoms with E-state index >= 15 is 0 Å². The van der Waals surface area contributed by atoms with Gasteiger partial charge in [0.15, 0.2) is 11.6 Å². The van der Waals surface area contributed by atoms with Gasteiger partial charge in [0.25, 0.3) is 5.69 Å². The molecule has 5 heteroatoms. The molecule has 0 aromatic heterocycles. The topological polar surface area (TPSA) is 77.3 Å². The largest absolute Gasteiger partial charge is 0.295 e. The second kappa shape index (κ2) is 5.44. The normalized spacial score (nSPS) is 10.1. The van der Waals surface area contributed by atoms with Crippen LogP contribution in [-0.4, -0.2) is 16.5 Å². The van der Waals surface area contributed by atoms with Crippen LogP contribution in [0.3, 0.4) is 0 Å². The van der Waals surface area contributed by atoms with E-state index in [0.29, 0.717) is 11.1 Å². The van der Waals surface area contributed by atoms with Gasteiger partial charge in [-0.15, -0.1) is 0 Å². The van der Waals surface area contributed by atoms with Crippen LogP contribution in [0.5, 0.6) is 0 Å². The fourth-order valence-electron chi connectivity index (χ4n) is 1.78. The second-order valence-corrected chi connectivity index (χ2v) is 4.27. The molecule has 0 aliphatic heterocycles. The van der Waals surface area contributed by atoms with Crippen LogP contribution in [0.1, 0.15) is 33.2 Å². The number of benzene rings is 2. The van der Waals surface area contributed by atoms with Crippen molar-refractivity contribution in [3.63, 3.8) is 0 Å². The van der Waals surface area contributed by atoms with E-state index in [1.807, 2.05) is 0 Å². The molecule has 2 rings (SSSR count). The van der Waals surface area contributed by atoms with E-state index < -0.39 is 4.92 Å². The van der Waals surface area contributed by atoms with Gasteiger partial charge >= 0.3 is 0 Å². The zero-order chi connectivity index (χ0) is 14.7. The summed E-state index contributed by atoms with van der Waals surface area (Å²) < 4.78 is 0. The first-order valence-electron chi connectivity index (χ1n) is 5.89. The monoisotopic (exact) mass is 269 g/mol. The van der Waals surface area contributed by atoms with Gasteiger partial charge in [-0.05, 0) is 6.92 Å². The minimum atomic E-state index is -0.546. The molecule has 0 saturated heterocycles. The van der Waals surface area contributed by atoms with Crippen molar-refractivity contribution in [2.24, 2.45) is 0 Å². The number of hydrogen-bond donors (Lipinski definition) is 0. The Hall–Kier alpha value is -2.82. The molecular formula is C15H11NO4. The Morgan fingerprint density at radius 3 is 2.10 bits per heavy atom. The number of nitro groups is 1. The molecule has 0 saturated carbocycles. The zero-order valence-electron chi connectivity index (χ0n) is 10.7. The fraction of sp³-hybridized carbons (Fsp3) is 0.0667. The second-order valence-electron chi connectivity index (χ2n) is 4.27. The lowest BCUT2D eigenvalue weighted by molar-refractivity contribution is -0.384. The summed E-state index contributed by atoms with van der Waals surface area (Å²) in [5, 5.41) is 10.7. The Morgan fingerprint density at radius 1 is 0.950 bits per heavy atom. The molecule has 0 unspecified atom stereocenters. The van der Waals surface area contributed by atoms with Crippen LogP contribution in [0.4, 0.5) is 5.69 Å². The Bertz CT molecular complexity index is 689. The van der Waals surface area contributed by atoms with Crippen molar-refractivity contribution in [2.75, 3.05) is 0 Å². The molecule has 0 heterocycles. The number of non-ortho nitro benzene ring substituents is 1. The molecule has 20 heavy (non-hydrogen) atoms. The highest BCUT2D eigenvalue weighted by atomic mass is 16.6. The maximum absolute atomic E-state index is 12.2. The fourth-order valence-corrected chi connectivity index (χ4v) is 1.78. The Balaban J connectivity index is 2.33. The average Bonchev–Trinajstić information content (AvgIpc) is 2.46. The number of carbonyl (C=O) groups excluding carboxylic acids is 2. The van der Waals surface area contributed by atoms with Crippen molar-refractivity contribution in [1.29, 1.82) is 0 Å². The zero-order valence-corrected chi connectivity index (χ0v) is 10.7. The summed E-state index contributed by atoms with van der Waals surface area (Å²) in [5.74, 6) is -0.400. The van der Waals surface area contributed by atoms with Gasteiger partial charge in [-0.3, -0.25) is 19.7 Å². The minimum Gasteiger partial charge on any atom is -0.295 e. The van der Waals surface area contributed by atoms with Gasteiger partial charge in [0.2, 0.25) is 0 Å². The highest BCUT2D eigenvalue weighted by Crippen LogP contribution is 2.17. The lowest BCUT2D eigenvalue weighted by Gasteiger charge is -2.02. The number of ketones is 2. The van der Waals surface area contributed by atoms with Gasteiger partial charge < -0.3 is 0 Å². The first-order valence-corrected chi connectivity index (χ1v) is 5.89. The maximum atomic E-state index is 12.2. The molecule has 0 N–H and O–H groups in total. The van der Waals surface area contributed by atoms with Crippen LogP contribution >= 0.6 is 0 Å². The summed E-state index contributed by atoms with van der Waals surface area (Å²) in [7, 11) is 0. The van der Waals surface area contributed by atoms with Crippen LogP contribution in [0.15, 0.2) is 48.5 Å². The Morgan fingerprint density at radius 2 is 1.55 bits per heavy atom. The van der Waals surface area contributed by atoms with Crippen LogP contribution in [-0.2, 0) is 0 Å². The molecule has 100 valence electrons. The molecule has 0 radical (unpaired) electrons. The minimum absolute atomic E-state index is 0.0839. The van der Waals surface area contributed by atoms with Crippen molar-refractivity contribution in [2.45, 2.75) is 6.92 Å². The van der Waals surface area contributed by atoms with Crippen LogP contribution in [0.2, 0.25) is 0 Å². The summed E-state index contributed by atoms with van der Waals surface area (Å²) >= 11 is 0. The highest BCUT2D eigenvalue weighted by molar-refractivity contribution is 6.09. The van der Waals surface area contributed by atoms with Crippen molar-refractivity contribution >= 4 is 17.3 Å². The first kappa shape index (κ1) is 13.6. The summed E-state index contributed by atoms with van der Waals surface area (Å²) in [6, 6.07) is 11.8. The van der Waals surface area contributed by atoms with Crippen molar-refractivity contribution in [3.8, 4) is 0 Å². The molecule has 2 aromatic rings. The van der Waals surface area contributed by atoms with E-state index in [9.17, 15) is 19.7 Å². The van der Waals surface area contributed by atoms with Gasteiger partial charge in [-0.1, -0.05) is 36.4 Å². The predicted octanol–water partition coefficient (Wildman–Crippen LogP) is 3.03. The number of rotatable bonds is 4. The van der Waals surface area contributed by atoms with Crippen LogP contribution in [0.25, 0.3) is 0 Å². The van der Waals surface area contributed by atoms with Gasteiger partial charge in [-0.25, -0.2) is 0 Å². The molecule has 0 aliphatic carbocycles. The molecule has 5 nitrogen and oxygen atoms in total. The first-order chi connectivity index (χ1) is 9.49. The van der Waals surface area contributed by atoms with Crippen LogP contribution < -0.4 is 0 Å². The quantitative estimate of drug-likeness (QED) is 0.485. The molecule has 0 amide bonds. The highest BCUT2D eigenvalue weighted by Gasteiger charge is 2.13.